The third-order valence-corrected chi connectivity index (χ3v) is 4.21. The average Bonchev–Trinajstić information content (AvgIpc) is 3.06. The van der Waals surface area contributed by atoms with Gasteiger partial charge in [0.25, 0.3) is 0 Å². The van der Waals surface area contributed by atoms with Gasteiger partial charge < -0.3 is 24.9 Å². The number of benzene rings is 1. The lowest BCUT2D eigenvalue weighted by Crippen LogP contribution is -2.43. The van der Waals surface area contributed by atoms with Gasteiger partial charge in [0.1, 0.15) is 17.1 Å². The van der Waals surface area contributed by atoms with Crippen LogP contribution < -0.4 is 15.4 Å². The number of aryl methyl sites for hydroxylation is 1. The van der Waals surface area contributed by atoms with Crippen molar-refractivity contribution in [2.75, 3.05) is 18.5 Å². The molecule has 1 unspecified atom stereocenters. The van der Waals surface area contributed by atoms with Gasteiger partial charge in [0.05, 0.1) is 19.4 Å². The normalized spacial score (nSPS) is 19.4. The maximum atomic E-state index is 12.1. The Morgan fingerprint density at radius 2 is 2.12 bits per heavy atom. The van der Waals surface area contributed by atoms with Crippen molar-refractivity contribution in [3.05, 3.63) is 47.9 Å². The third-order valence-electron chi connectivity index (χ3n) is 4.21. The van der Waals surface area contributed by atoms with Gasteiger partial charge in [0.15, 0.2) is 0 Å². The second-order valence-electron chi connectivity index (χ2n) is 5.91. The van der Waals surface area contributed by atoms with Gasteiger partial charge in [0.2, 0.25) is 0 Å². The standard InChI is InChI=1S/C18H22N2O4/c1-2-23-14-7-5-13(6-8-14)20-17(21)19-12-18(22)10-3-4-16-15(18)9-11-24-16/h5-9,11,22H,2-4,10,12H2,1H3,(H2,19,20,21). The summed E-state index contributed by atoms with van der Waals surface area (Å²) in [5.74, 6) is 1.56. The van der Waals surface area contributed by atoms with Crippen LogP contribution in [0.5, 0.6) is 5.75 Å². The molecule has 24 heavy (non-hydrogen) atoms. The molecule has 0 saturated heterocycles. The van der Waals surface area contributed by atoms with E-state index >= 15 is 0 Å². The van der Waals surface area contributed by atoms with Gasteiger partial charge in [-0.25, -0.2) is 4.79 Å². The summed E-state index contributed by atoms with van der Waals surface area (Å²) in [6.07, 6.45) is 3.84. The molecular formula is C18H22N2O4. The molecule has 3 rings (SSSR count). The first-order valence-electron chi connectivity index (χ1n) is 8.18. The number of anilines is 1. The molecule has 1 aliphatic rings. The van der Waals surface area contributed by atoms with Crippen molar-refractivity contribution < 1.29 is 19.1 Å². The van der Waals surface area contributed by atoms with Gasteiger partial charge in [0, 0.05) is 17.7 Å². The summed E-state index contributed by atoms with van der Waals surface area (Å²) in [4.78, 5) is 12.1. The van der Waals surface area contributed by atoms with E-state index in [0.29, 0.717) is 18.7 Å². The van der Waals surface area contributed by atoms with Crippen molar-refractivity contribution >= 4 is 11.7 Å². The lowest BCUT2D eigenvalue weighted by molar-refractivity contribution is 0.0199. The Bertz CT molecular complexity index is 695. The average molecular weight is 330 g/mol. The highest BCUT2D eigenvalue weighted by Gasteiger charge is 2.36. The number of hydrogen-bond donors (Lipinski definition) is 3. The highest BCUT2D eigenvalue weighted by molar-refractivity contribution is 5.89. The minimum absolute atomic E-state index is 0.141. The summed E-state index contributed by atoms with van der Waals surface area (Å²) in [6.45, 7) is 2.66. The summed E-state index contributed by atoms with van der Waals surface area (Å²) in [7, 11) is 0. The number of rotatable bonds is 5. The fourth-order valence-corrected chi connectivity index (χ4v) is 3.01. The van der Waals surface area contributed by atoms with Gasteiger partial charge in [-0.2, -0.15) is 0 Å². The van der Waals surface area contributed by atoms with Crippen LogP contribution in [0.25, 0.3) is 0 Å². The fraction of sp³-hybridized carbons (Fsp3) is 0.389. The zero-order valence-corrected chi connectivity index (χ0v) is 13.7. The smallest absolute Gasteiger partial charge is 0.319 e. The van der Waals surface area contributed by atoms with Crippen LogP contribution in [0.15, 0.2) is 41.0 Å². The van der Waals surface area contributed by atoms with Crippen molar-refractivity contribution in [2.45, 2.75) is 31.8 Å². The van der Waals surface area contributed by atoms with Crippen molar-refractivity contribution in [3.63, 3.8) is 0 Å². The van der Waals surface area contributed by atoms with E-state index in [9.17, 15) is 9.90 Å². The van der Waals surface area contributed by atoms with Crippen LogP contribution in [0.1, 0.15) is 31.1 Å². The molecule has 0 aliphatic heterocycles. The molecule has 0 spiro atoms. The maximum absolute atomic E-state index is 12.1. The lowest BCUT2D eigenvalue weighted by atomic mass is 9.83. The second-order valence-corrected chi connectivity index (χ2v) is 5.91. The van der Waals surface area contributed by atoms with Crippen LogP contribution in [-0.2, 0) is 12.0 Å². The number of ether oxygens (including phenoxy) is 1. The zero-order chi connectivity index (χ0) is 17.0. The Labute approximate surface area is 140 Å². The summed E-state index contributed by atoms with van der Waals surface area (Å²) in [5.41, 5.74) is 0.363. The quantitative estimate of drug-likeness (QED) is 0.787. The minimum atomic E-state index is -1.07. The fourth-order valence-electron chi connectivity index (χ4n) is 3.01. The molecule has 3 N–H and O–H groups in total. The molecule has 0 saturated carbocycles. The summed E-state index contributed by atoms with van der Waals surface area (Å²) < 4.78 is 10.7. The highest BCUT2D eigenvalue weighted by Crippen LogP contribution is 2.35. The Morgan fingerprint density at radius 3 is 2.88 bits per heavy atom. The van der Waals surface area contributed by atoms with Crippen LogP contribution >= 0.6 is 0 Å². The lowest BCUT2D eigenvalue weighted by Gasteiger charge is -2.31. The van der Waals surface area contributed by atoms with Gasteiger partial charge >= 0.3 is 6.03 Å². The monoisotopic (exact) mass is 330 g/mol. The summed E-state index contributed by atoms with van der Waals surface area (Å²) >= 11 is 0. The Balaban J connectivity index is 1.56. The Morgan fingerprint density at radius 1 is 1.33 bits per heavy atom. The molecule has 6 heteroatoms. The van der Waals surface area contributed by atoms with E-state index in [4.69, 9.17) is 9.15 Å². The van der Waals surface area contributed by atoms with Crippen LogP contribution in [0.2, 0.25) is 0 Å². The SMILES string of the molecule is CCOc1ccc(NC(=O)NCC2(O)CCCc3occc32)cc1. The van der Waals surface area contributed by atoms with E-state index in [1.165, 1.54) is 0 Å². The van der Waals surface area contributed by atoms with Crippen LogP contribution in [-0.4, -0.2) is 24.3 Å². The topological polar surface area (TPSA) is 83.7 Å². The Hall–Kier alpha value is -2.47. The zero-order valence-electron chi connectivity index (χ0n) is 13.7. The number of fused-ring (bicyclic) bond motifs is 1. The van der Waals surface area contributed by atoms with E-state index in [1.807, 2.05) is 6.92 Å². The first-order valence-corrected chi connectivity index (χ1v) is 8.18. The number of urea groups is 1. The van der Waals surface area contributed by atoms with Gasteiger partial charge in [-0.1, -0.05) is 0 Å². The van der Waals surface area contributed by atoms with Crippen molar-refractivity contribution in [1.29, 1.82) is 0 Å². The second kappa shape index (κ2) is 6.97. The largest absolute Gasteiger partial charge is 0.494 e. The van der Waals surface area contributed by atoms with Crippen LogP contribution in [0, 0.1) is 0 Å². The van der Waals surface area contributed by atoms with Gasteiger partial charge in [-0.05, 0) is 50.1 Å². The third kappa shape index (κ3) is 3.54. The first kappa shape index (κ1) is 16.4. The summed E-state index contributed by atoms with van der Waals surface area (Å²) in [6, 6.07) is 8.56. The Kier molecular flexibility index (Phi) is 4.76. The number of carbonyl (C=O) groups is 1. The molecule has 1 atom stereocenters. The molecule has 0 fully saturated rings. The molecule has 6 nitrogen and oxygen atoms in total. The minimum Gasteiger partial charge on any atom is -0.494 e. The van der Waals surface area contributed by atoms with Crippen molar-refractivity contribution in [3.8, 4) is 5.75 Å². The molecular weight excluding hydrogens is 308 g/mol. The van der Waals surface area contributed by atoms with Gasteiger partial charge in [-0.3, -0.25) is 0 Å². The molecule has 2 aromatic rings. The molecule has 0 bridgehead atoms. The molecule has 1 aliphatic carbocycles. The van der Waals surface area contributed by atoms with E-state index in [2.05, 4.69) is 10.6 Å². The number of furan rings is 1. The highest BCUT2D eigenvalue weighted by atomic mass is 16.5. The number of carbonyl (C=O) groups excluding carboxylic acids is 1. The molecule has 2 amide bonds. The number of nitrogens with one attached hydrogen (secondary N) is 2. The predicted octanol–water partition coefficient (Wildman–Crippen LogP) is 3.02. The van der Waals surface area contributed by atoms with Crippen molar-refractivity contribution in [2.24, 2.45) is 0 Å². The van der Waals surface area contributed by atoms with E-state index in [-0.39, 0.29) is 12.6 Å². The number of aliphatic hydroxyl groups is 1. The van der Waals surface area contributed by atoms with E-state index in [0.717, 1.165) is 29.9 Å². The number of amides is 2. The maximum Gasteiger partial charge on any atom is 0.319 e. The molecule has 0 radical (unpaired) electrons. The van der Waals surface area contributed by atoms with Crippen LogP contribution in [0.4, 0.5) is 10.5 Å². The molecule has 1 heterocycles. The van der Waals surface area contributed by atoms with Gasteiger partial charge in [-0.15, -0.1) is 0 Å². The van der Waals surface area contributed by atoms with Crippen molar-refractivity contribution in [1.82, 2.24) is 5.32 Å². The molecule has 1 aromatic heterocycles. The molecule has 1 aromatic carbocycles. The number of hydrogen-bond acceptors (Lipinski definition) is 4. The van der Waals surface area contributed by atoms with E-state index < -0.39 is 5.60 Å². The summed E-state index contributed by atoms with van der Waals surface area (Å²) in [5, 5.41) is 16.3. The van der Waals surface area contributed by atoms with E-state index in [1.54, 1.807) is 36.6 Å². The molecule has 128 valence electrons. The predicted molar refractivity (Wildman–Crippen MR) is 90.2 cm³/mol. The van der Waals surface area contributed by atoms with Crippen LogP contribution in [0.3, 0.4) is 0 Å². The first-order chi connectivity index (χ1) is 11.6.